The number of carbonyl (C=O) groups is 1. The summed E-state index contributed by atoms with van der Waals surface area (Å²) in [6, 6.07) is 0. The molecule has 14 heavy (non-hydrogen) atoms. The molecule has 1 rings (SSSR count). The molecule has 1 aliphatic carbocycles. The van der Waals surface area contributed by atoms with Gasteiger partial charge in [-0.05, 0) is 32.6 Å². The smallest absolute Gasteiger partial charge is 0.330 e. The summed E-state index contributed by atoms with van der Waals surface area (Å²) >= 11 is 0. The van der Waals surface area contributed by atoms with Crippen LogP contribution in [0.2, 0.25) is 0 Å². The summed E-state index contributed by atoms with van der Waals surface area (Å²) < 4.78 is 5.27. The molecule has 80 valence electrons. The molecule has 0 N–H and O–H groups in total. The molecule has 0 radical (unpaired) electrons. The number of hydrogen-bond donors (Lipinski definition) is 0. The van der Waals surface area contributed by atoms with Crippen LogP contribution in [0.5, 0.6) is 0 Å². The van der Waals surface area contributed by atoms with Crippen LogP contribution in [-0.4, -0.2) is 11.6 Å². The summed E-state index contributed by atoms with van der Waals surface area (Å²) in [5, 5.41) is 0. The number of ether oxygens (including phenoxy) is 1. The Hall–Kier alpha value is -1.05. The van der Waals surface area contributed by atoms with E-state index in [9.17, 15) is 4.79 Å². The molecule has 2 nitrogen and oxygen atoms in total. The van der Waals surface area contributed by atoms with Crippen LogP contribution in [0.25, 0.3) is 0 Å². The predicted octanol–water partition coefficient (Wildman–Crippen LogP) is 3.24. The Balaban J connectivity index is 0.000000791. The molecule has 2 heteroatoms. The highest BCUT2D eigenvalue weighted by molar-refractivity contribution is 5.81. The van der Waals surface area contributed by atoms with Gasteiger partial charge in [-0.2, -0.15) is 0 Å². The maximum Gasteiger partial charge on any atom is 0.330 e. The average molecular weight is 196 g/mol. The number of esters is 1. The van der Waals surface area contributed by atoms with E-state index in [0.717, 1.165) is 12.8 Å². The maximum absolute atomic E-state index is 10.9. The predicted molar refractivity (Wildman–Crippen MR) is 59.0 cm³/mol. The van der Waals surface area contributed by atoms with Crippen LogP contribution in [-0.2, 0) is 9.53 Å². The van der Waals surface area contributed by atoms with Gasteiger partial charge >= 0.3 is 5.97 Å². The molecule has 0 aromatic carbocycles. The van der Waals surface area contributed by atoms with Gasteiger partial charge in [0.15, 0.2) is 0 Å². The third-order valence-corrected chi connectivity index (χ3v) is 2.42. The van der Waals surface area contributed by atoms with Gasteiger partial charge in [-0.15, -0.1) is 13.2 Å². The molecule has 0 spiro atoms. The van der Waals surface area contributed by atoms with E-state index in [4.69, 9.17) is 4.74 Å². The van der Waals surface area contributed by atoms with Gasteiger partial charge in [0.2, 0.25) is 0 Å². The molecular formula is C12H20O2. The first-order valence-corrected chi connectivity index (χ1v) is 5.02. The summed E-state index contributed by atoms with van der Waals surface area (Å²) in [7, 11) is 0. The molecule has 0 heterocycles. The van der Waals surface area contributed by atoms with Crippen molar-refractivity contribution in [3.63, 3.8) is 0 Å². The van der Waals surface area contributed by atoms with Gasteiger partial charge in [-0.3, -0.25) is 0 Å². The minimum absolute atomic E-state index is 0.219. The third kappa shape index (κ3) is 4.26. The summed E-state index contributed by atoms with van der Waals surface area (Å²) in [5.41, 5.74) is -0.219. The zero-order chi connectivity index (χ0) is 11.0. The van der Waals surface area contributed by atoms with Crippen molar-refractivity contribution in [3.05, 3.63) is 25.8 Å². The molecule has 0 bridgehead atoms. The van der Waals surface area contributed by atoms with Gasteiger partial charge in [0.25, 0.3) is 0 Å². The number of rotatable bonds is 2. The van der Waals surface area contributed by atoms with Gasteiger partial charge in [-0.1, -0.05) is 13.0 Å². The number of hydrogen-bond acceptors (Lipinski definition) is 2. The van der Waals surface area contributed by atoms with E-state index < -0.39 is 0 Å². The Morgan fingerprint density at radius 2 is 1.79 bits per heavy atom. The monoisotopic (exact) mass is 196 g/mol. The fraction of sp³-hybridized carbons (Fsp3) is 0.583. The Bertz CT molecular complexity index is 190. The van der Waals surface area contributed by atoms with Gasteiger partial charge < -0.3 is 4.74 Å². The van der Waals surface area contributed by atoms with Crippen LogP contribution in [0.4, 0.5) is 0 Å². The van der Waals surface area contributed by atoms with Gasteiger partial charge in [0.05, 0.1) is 0 Å². The Labute approximate surface area is 86.6 Å². The van der Waals surface area contributed by atoms with Crippen LogP contribution in [0.3, 0.4) is 0 Å². The zero-order valence-corrected chi connectivity index (χ0v) is 9.05. The molecule has 0 unspecified atom stereocenters. The quantitative estimate of drug-likeness (QED) is 0.385. The lowest BCUT2D eigenvalue weighted by atomic mass is 9.86. The minimum atomic E-state index is -0.292. The highest BCUT2D eigenvalue weighted by Gasteiger charge is 2.29. The molecule has 0 saturated heterocycles. The normalized spacial score (nSPS) is 18.6. The highest BCUT2D eigenvalue weighted by atomic mass is 16.6. The first-order valence-electron chi connectivity index (χ1n) is 5.02. The van der Waals surface area contributed by atoms with E-state index in [0.29, 0.717) is 0 Å². The average Bonchev–Trinajstić information content (AvgIpc) is 2.21. The highest BCUT2D eigenvalue weighted by Crippen LogP contribution is 2.30. The Morgan fingerprint density at radius 1 is 1.29 bits per heavy atom. The van der Waals surface area contributed by atoms with Gasteiger partial charge in [0.1, 0.15) is 5.60 Å². The second kappa shape index (κ2) is 6.41. The van der Waals surface area contributed by atoms with Gasteiger partial charge in [-0.25, -0.2) is 4.79 Å². The SMILES string of the molecule is C=C.C=CC(=O)OC1(C)CCCCC1. The summed E-state index contributed by atoms with van der Waals surface area (Å²) in [6.45, 7) is 11.4. The van der Waals surface area contributed by atoms with Crippen molar-refractivity contribution in [1.82, 2.24) is 0 Å². The Kier molecular flexibility index (Phi) is 5.93. The lowest BCUT2D eigenvalue weighted by Crippen LogP contribution is -2.33. The van der Waals surface area contributed by atoms with E-state index >= 15 is 0 Å². The lowest BCUT2D eigenvalue weighted by Gasteiger charge is -2.32. The van der Waals surface area contributed by atoms with Crippen LogP contribution < -0.4 is 0 Å². The first-order chi connectivity index (χ1) is 6.66. The largest absolute Gasteiger partial charge is 0.456 e. The molecule has 0 aliphatic heterocycles. The van der Waals surface area contributed by atoms with Crippen LogP contribution in [0.1, 0.15) is 39.0 Å². The van der Waals surface area contributed by atoms with E-state index in [1.807, 2.05) is 6.92 Å². The standard InChI is InChI=1S/C10H16O2.C2H4/c1-3-9(11)12-10(2)7-5-4-6-8-10;1-2/h3H,1,4-8H2,2H3;1-2H2. The molecule has 1 saturated carbocycles. The summed E-state index contributed by atoms with van der Waals surface area (Å²) in [4.78, 5) is 10.9. The van der Waals surface area contributed by atoms with Crippen molar-refractivity contribution in [2.45, 2.75) is 44.6 Å². The van der Waals surface area contributed by atoms with Crippen molar-refractivity contribution in [3.8, 4) is 0 Å². The van der Waals surface area contributed by atoms with E-state index in [1.54, 1.807) is 0 Å². The molecule has 0 aromatic rings. The zero-order valence-electron chi connectivity index (χ0n) is 9.05. The second-order valence-electron chi connectivity index (χ2n) is 3.64. The van der Waals surface area contributed by atoms with Gasteiger partial charge in [0, 0.05) is 6.08 Å². The molecule has 0 atom stereocenters. The van der Waals surface area contributed by atoms with Crippen LogP contribution in [0.15, 0.2) is 25.8 Å². The molecule has 1 fully saturated rings. The van der Waals surface area contributed by atoms with E-state index in [2.05, 4.69) is 19.7 Å². The summed E-state index contributed by atoms with van der Waals surface area (Å²) in [6.07, 6.45) is 6.82. The Morgan fingerprint density at radius 3 is 2.21 bits per heavy atom. The van der Waals surface area contributed by atoms with Crippen molar-refractivity contribution < 1.29 is 9.53 Å². The third-order valence-electron chi connectivity index (χ3n) is 2.42. The molecular weight excluding hydrogens is 176 g/mol. The molecule has 0 aromatic heterocycles. The van der Waals surface area contributed by atoms with E-state index in [1.165, 1.54) is 25.3 Å². The molecule has 0 amide bonds. The fourth-order valence-corrected chi connectivity index (χ4v) is 1.69. The van der Waals surface area contributed by atoms with Crippen molar-refractivity contribution in [2.24, 2.45) is 0 Å². The van der Waals surface area contributed by atoms with Crippen molar-refractivity contribution in [1.29, 1.82) is 0 Å². The van der Waals surface area contributed by atoms with E-state index in [-0.39, 0.29) is 11.6 Å². The maximum atomic E-state index is 10.9. The van der Waals surface area contributed by atoms with Crippen LogP contribution in [0, 0.1) is 0 Å². The topological polar surface area (TPSA) is 26.3 Å². The second-order valence-corrected chi connectivity index (χ2v) is 3.64. The summed E-state index contributed by atoms with van der Waals surface area (Å²) in [5.74, 6) is -0.292. The first kappa shape index (κ1) is 12.9. The molecule has 1 aliphatic rings. The van der Waals surface area contributed by atoms with Crippen molar-refractivity contribution >= 4 is 5.97 Å². The fourth-order valence-electron chi connectivity index (χ4n) is 1.69. The lowest BCUT2D eigenvalue weighted by molar-refractivity contribution is -0.154. The van der Waals surface area contributed by atoms with Crippen LogP contribution >= 0.6 is 0 Å². The minimum Gasteiger partial charge on any atom is -0.456 e. The number of carbonyl (C=O) groups excluding carboxylic acids is 1. The van der Waals surface area contributed by atoms with Crippen molar-refractivity contribution in [2.75, 3.05) is 0 Å².